The van der Waals surface area contributed by atoms with Crippen molar-refractivity contribution in [1.29, 1.82) is 0 Å². The molecule has 18 nitrogen and oxygen atoms in total. The van der Waals surface area contributed by atoms with Crippen molar-refractivity contribution in [2.45, 2.75) is 144 Å². The fourth-order valence-corrected chi connectivity index (χ4v) is 11.3. The Labute approximate surface area is 423 Å². The number of aromatic nitrogens is 2. The van der Waals surface area contributed by atoms with Gasteiger partial charge in [-0.3, -0.25) is 28.8 Å². The van der Waals surface area contributed by atoms with Crippen LogP contribution in [0, 0.1) is 24.7 Å². The number of aliphatic hydroxyl groups is 3. The first-order valence-corrected chi connectivity index (χ1v) is 25.5. The molecule has 4 aromatic rings. The minimum absolute atomic E-state index is 0.0332. The van der Waals surface area contributed by atoms with Crippen molar-refractivity contribution in [3.8, 4) is 20.9 Å². The number of hydrogen-bond acceptors (Lipinski definition) is 13. The molecule has 6 atom stereocenters. The molecule has 2 saturated heterocycles. The van der Waals surface area contributed by atoms with Crippen LogP contribution in [0.1, 0.15) is 94.9 Å². The van der Waals surface area contributed by atoms with Gasteiger partial charge in [-0.05, 0) is 57.9 Å². The Morgan fingerprint density at radius 2 is 1.27 bits per heavy atom. The summed E-state index contributed by atoms with van der Waals surface area (Å²) in [5.41, 5.74) is 8.69. The molecule has 6 amide bonds. The van der Waals surface area contributed by atoms with Gasteiger partial charge in [0.2, 0.25) is 41.0 Å². The fourth-order valence-electron chi connectivity index (χ4n) is 9.46. The van der Waals surface area contributed by atoms with Gasteiger partial charge in [0.1, 0.15) is 29.0 Å². The number of amides is 6. The van der Waals surface area contributed by atoms with Crippen LogP contribution >= 0.6 is 22.7 Å². The first kappa shape index (κ1) is 54.7. The molecule has 2 aliphatic heterocycles. The minimum Gasteiger partial charge on any atom is -0.392 e. The number of aliphatic hydroxyl groups excluding tert-OH is 3. The second kappa shape index (κ2) is 22.8. The number of β-amino-alcohol motifs (C(OH)–C–C–N with tert-alkyl or cyclic N) is 2. The molecule has 384 valence electrons. The van der Waals surface area contributed by atoms with E-state index in [1.54, 1.807) is 24.0 Å². The number of nitrogens with zero attached hydrogens (tertiary/aromatic N) is 4. The van der Waals surface area contributed by atoms with Crippen molar-refractivity contribution in [3.63, 3.8) is 0 Å². The highest BCUT2D eigenvalue weighted by Crippen LogP contribution is 2.33. The van der Waals surface area contributed by atoms with Crippen LogP contribution in [-0.4, -0.2) is 122 Å². The smallest absolute Gasteiger partial charge is 0.246 e. The van der Waals surface area contributed by atoms with Gasteiger partial charge in [-0.1, -0.05) is 70.2 Å². The molecule has 2 aliphatic rings. The van der Waals surface area contributed by atoms with E-state index in [2.05, 4.69) is 26.3 Å². The van der Waals surface area contributed by atoms with Crippen LogP contribution in [0.25, 0.3) is 20.9 Å². The molecule has 2 aromatic heterocycles. The van der Waals surface area contributed by atoms with E-state index in [9.17, 15) is 44.1 Å². The molecule has 71 heavy (non-hydrogen) atoms. The summed E-state index contributed by atoms with van der Waals surface area (Å²) in [4.78, 5) is 89.5. The Balaban J connectivity index is 1.14. The summed E-state index contributed by atoms with van der Waals surface area (Å²) in [5, 5.41) is 43.3. The SMILES string of the molecule is COCc1cc(-c2scnc2C)ccc1CNC(=O)[C@@H]1C[C@@H](O)CN1C(=O)[C@@H](NC(C)=O)C(C)(C)C[n+]1csc(-c2ccc(CNC(=O)[C@@H]3C[C@@H](O)CN3C(=O)[C@@H](NC(C)=O)C(C)(C)C)c(CO)c2)c1C. The molecule has 0 unspecified atom stereocenters. The zero-order chi connectivity index (χ0) is 52.1. The minimum atomic E-state index is -1.07. The first-order chi connectivity index (χ1) is 33.4. The predicted molar refractivity (Wildman–Crippen MR) is 268 cm³/mol. The number of ether oxygens (including phenoxy) is 1. The van der Waals surface area contributed by atoms with Gasteiger partial charge in [-0.15, -0.1) is 11.3 Å². The summed E-state index contributed by atoms with van der Waals surface area (Å²) < 4.78 is 7.48. The van der Waals surface area contributed by atoms with Gasteiger partial charge in [0, 0.05) is 66.9 Å². The third-order valence-electron chi connectivity index (χ3n) is 13.3. The van der Waals surface area contributed by atoms with E-state index in [-0.39, 0.29) is 58.1 Å². The zero-order valence-corrected chi connectivity index (χ0v) is 43.9. The second-order valence-corrected chi connectivity index (χ2v) is 22.1. The number of thiazole rings is 2. The van der Waals surface area contributed by atoms with Crippen molar-refractivity contribution in [2.24, 2.45) is 10.8 Å². The lowest BCUT2D eigenvalue weighted by Crippen LogP contribution is -2.61. The normalized spacial score (nSPS) is 19.1. The van der Waals surface area contributed by atoms with E-state index in [1.165, 1.54) is 35.0 Å². The highest BCUT2D eigenvalue weighted by atomic mass is 32.1. The highest BCUT2D eigenvalue weighted by Gasteiger charge is 2.48. The van der Waals surface area contributed by atoms with Gasteiger partial charge in [0.05, 0.1) is 46.9 Å². The lowest BCUT2D eigenvalue weighted by Gasteiger charge is -2.35. The third kappa shape index (κ3) is 12.9. The topological polar surface area (TPSA) is 244 Å². The van der Waals surface area contributed by atoms with Crippen molar-refractivity contribution in [1.82, 2.24) is 36.1 Å². The van der Waals surface area contributed by atoms with Gasteiger partial charge in [-0.2, -0.15) is 4.57 Å². The van der Waals surface area contributed by atoms with Crippen LogP contribution in [0.3, 0.4) is 0 Å². The van der Waals surface area contributed by atoms with E-state index in [0.29, 0.717) is 17.7 Å². The Hall–Kier alpha value is -5.64. The van der Waals surface area contributed by atoms with Crippen LogP contribution < -0.4 is 25.8 Å². The van der Waals surface area contributed by atoms with Crippen LogP contribution in [0.5, 0.6) is 0 Å². The number of aryl methyl sites for hydroxylation is 1. The van der Waals surface area contributed by atoms with E-state index >= 15 is 0 Å². The van der Waals surface area contributed by atoms with E-state index < -0.39 is 76.7 Å². The quantitative estimate of drug-likeness (QED) is 0.0715. The summed E-state index contributed by atoms with van der Waals surface area (Å²) in [6.45, 7) is 16.1. The van der Waals surface area contributed by atoms with Gasteiger partial charge >= 0.3 is 0 Å². The highest BCUT2D eigenvalue weighted by molar-refractivity contribution is 7.13. The Morgan fingerprint density at radius 3 is 1.76 bits per heavy atom. The number of rotatable bonds is 18. The van der Waals surface area contributed by atoms with E-state index in [1.807, 2.05) is 94.9 Å². The molecule has 0 radical (unpaired) electrons. The monoisotopic (exact) mass is 1020 g/mol. The molecular formula is C51H69N8O10S2+. The first-order valence-electron chi connectivity index (χ1n) is 23.7. The summed E-state index contributed by atoms with van der Waals surface area (Å²) in [5.74, 6) is -2.65. The molecule has 6 rings (SSSR count). The van der Waals surface area contributed by atoms with Gasteiger partial charge in [0.25, 0.3) is 0 Å². The van der Waals surface area contributed by atoms with Crippen LogP contribution in [0.2, 0.25) is 0 Å². The van der Waals surface area contributed by atoms with Gasteiger partial charge < -0.3 is 51.1 Å². The van der Waals surface area contributed by atoms with E-state index in [0.717, 1.165) is 43.4 Å². The number of carbonyl (C=O) groups is 6. The fraction of sp³-hybridized carbons (Fsp3) is 0.529. The van der Waals surface area contributed by atoms with E-state index in [4.69, 9.17) is 4.74 Å². The zero-order valence-electron chi connectivity index (χ0n) is 42.3. The number of methoxy groups -OCH3 is 1. The standard InChI is InChI=1S/C51H68N8O10S2/c1-28-42(70-26-54-28)32-11-14-35(37(16-32)24-69-10)20-53-47(66)41-18-39(64)22-59(41)49(68)45(56-31(4)62)51(8,9)25-57-27-71-43(29(57)2)33-12-13-34(36(15-33)23-60)19-52-46(65)40-17-38(63)21-58(40)48(67)44(50(5,6)7)55-30(3)61/h11-16,26-27,38-41,44-45,60,63-64H,17-25H2,1-10H3,(H3-,52,53,55,56,61,62,65,66)/p+1/t38-,39-,40+,41+,44-,45-/m1/s1. The summed E-state index contributed by atoms with van der Waals surface area (Å²) in [6.07, 6.45) is -1.79. The maximum Gasteiger partial charge on any atom is 0.246 e. The lowest BCUT2D eigenvalue weighted by atomic mass is 9.82. The average molecular weight is 1020 g/mol. The van der Waals surface area contributed by atoms with Crippen molar-refractivity contribution >= 4 is 58.1 Å². The molecule has 0 spiro atoms. The van der Waals surface area contributed by atoms with Crippen LogP contribution in [0.4, 0.5) is 0 Å². The molecule has 0 bridgehead atoms. The molecule has 2 aromatic carbocycles. The molecule has 2 fully saturated rings. The number of nitrogens with one attached hydrogen (secondary N) is 4. The van der Waals surface area contributed by atoms with Crippen molar-refractivity contribution in [2.75, 3.05) is 20.2 Å². The predicted octanol–water partition coefficient (Wildman–Crippen LogP) is 3.02. The number of benzene rings is 2. The maximum atomic E-state index is 14.6. The van der Waals surface area contributed by atoms with Gasteiger partial charge in [-0.25, -0.2) is 4.98 Å². The summed E-state index contributed by atoms with van der Waals surface area (Å²) in [6, 6.07) is 7.57. The molecule has 0 aliphatic carbocycles. The number of carbonyl (C=O) groups excluding carboxylic acids is 6. The third-order valence-corrected chi connectivity index (χ3v) is 15.4. The molecule has 4 heterocycles. The summed E-state index contributed by atoms with van der Waals surface area (Å²) in [7, 11) is 1.60. The van der Waals surface area contributed by atoms with Crippen molar-refractivity contribution < 1.29 is 53.4 Å². The Morgan fingerprint density at radius 1 is 0.761 bits per heavy atom. The average Bonchev–Trinajstić information content (AvgIpc) is 4.11. The van der Waals surface area contributed by atoms with Crippen LogP contribution in [-0.2, 0) is 66.4 Å². The molecule has 20 heteroatoms. The molecule has 0 saturated carbocycles. The lowest BCUT2D eigenvalue weighted by molar-refractivity contribution is -0.709. The summed E-state index contributed by atoms with van der Waals surface area (Å²) >= 11 is 3.00. The number of likely N-dealkylation sites (tertiary alicyclic amines) is 2. The molecule has 7 N–H and O–H groups in total. The Bertz CT molecular complexity index is 2620. The van der Waals surface area contributed by atoms with Gasteiger partial charge in [0.15, 0.2) is 12.2 Å². The largest absolute Gasteiger partial charge is 0.392 e. The van der Waals surface area contributed by atoms with Crippen molar-refractivity contribution in [3.05, 3.63) is 81.1 Å². The van der Waals surface area contributed by atoms with Crippen LogP contribution in [0.15, 0.2) is 47.4 Å². The number of hydrogen-bond donors (Lipinski definition) is 7. The molecular weight excluding hydrogens is 949 g/mol. The Kier molecular flexibility index (Phi) is 17.6. The maximum absolute atomic E-state index is 14.6. The second-order valence-electron chi connectivity index (χ2n) is 20.4.